The van der Waals surface area contributed by atoms with Crippen molar-refractivity contribution in [3.8, 4) is 0 Å². The Hall–Kier alpha value is -0.0561. The minimum Gasteiger partial charge on any atom is -0.388 e. The molecule has 147 valence electrons. The van der Waals surface area contributed by atoms with Gasteiger partial charge in [0.2, 0.25) is 0 Å². The van der Waals surface area contributed by atoms with E-state index in [2.05, 4.69) is 70.7 Å². The van der Waals surface area contributed by atoms with Crippen LogP contribution in [0.3, 0.4) is 0 Å². The Kier molecular flexibility index (Phi) is 10.9. The summed E-state index contributed by atoms with van der Waals surface area (Å²) in [4.78, 5) is 1.26. The molecule has 0 aliphatic heterocycles. The van der Waals surface area contributed by atoms with Gasteiger partial charge in [-0.3, -0.25) is 11.3 Å². The van der Waals surface area contributed by atoms with Gasteiger partial charge in [-0.15, -0.1) is 16.3 Å². The Morgan fingerprint density at radius 3 is 2.71 bits per heavy atom. The summed E-state index contributed by atoms with van der Waals surface area (Å²) in [5.41, 5.74) is 3.76. The summed E-state index contributed by atoms with van der Waals surface area (Å²) < 4.78 is 1.33. The molecule has 1 unspecified atom stereocenters. The molecule has 4 heteroatoms. The molecule has 1 heterocycles. The van der Waals surface area contributed by atoms with E-state index in [1.165, 1.54) is 39.8 Å². The van der Waals surface area contributed by atoms with E-state index < -0.39 is 0 Å². The van der Waals surface area contributed by atoms with E-state index in [4.69, 9.17) is 0 Å². The van der Waals surface area contributed by atoms with Gasteiger partial charge in [0.15, 0.2) is 0 Å². The molecule has 1 aliphatic rings. The van der Waals surface area contributed by atoms with E-state index in [1.807, 2.05) is 6.07 Å². The molecule has 2 atom stereocenters. The maximum absolute atomic E-state index is 10.4. The van der Waals surface area contributed by atoms with E-state index in [0.717, 1.165) is 31.2 Å². The van der Waals surface area contributed by atoms with Crippen molar-refractivity contribution < 1.29 is 37.8 Å². The molecule has 0 spiro atoms. The summed E-state index contributed by atoms with van der Waals surface area (Å²) in [5.74, 6) is 0.555. The van der Waals surface area contributed by atoms with Gasteiger partial charge < -0.3 is 5.11 Å². The molecule has 1 nitrogen and oxygen atoms in total. The molecular formula is C24H28BrOSY-. The Bertz CT molecular complexity index is 764. The third-order valence-corrected chi connectivity index (χ3v) is 6.88. The van der Waals surface area contributed by atoms with E-state index in [1.54, 1.807) is 11.3 Å². The number of aliphatic hydroxyl groups excluding tert-OH is 1. The second-order valence-corrected chi connectivity index (χ2v) is 9.15. The fourth-order valence-electron chi connectivity index (χ4n) is 3.76. The molecule has 0 bridgehead atoms. The smallest absolute Gasteiger partial charge is 0.0790 e. The van der Waals surface area contributed by atoms with Crippen molar-refractivity contribution in [1.29, 1.82) is 0 Å². The second kappa shape index (κ2) is 12.6. The molecule has 0 fully saturated rings. The first kappa shape index (κ1) is 24.2. The quantitative estimate of drug-likeness (QED) is 0.258. The maximum Gasteiger partial charge on any atom is 0.0790 e. The monoisotopic (exact) mass is 532 g/mol. The molecule has 1 radical (unpaired) electrons. The SMILES string of the molecule is CCCCCC(O)c1ccc(C2=C(Br)CC[C@@H]2C/C=C/c2cc[c-]s2)cc1.[Y]. The van der Waals surface area contributed by atoms with Crippen molar-refractivity contribution in [2.75, 3.05) is 0 Å². The van der Waals surface area contributed by atoms with Crippen LogP contribution in [0, 0.1) is 11.3 Å². The molecular weight excluding hydrogens is 505 g/mol. The van der Waals surface area contributed by atoms with Crippen LogP contribution in [0.2, 0.25) is 0 Å². The first-order valence-electron chi connectivity index (χ1n) is 9.98. The van der Waals surface area contributed by atoms with Crippen molar-refractivity contribution in [3.05, 3.63) is 68.3 Å². The Morgan fingerprint density at radius 2 is 2.04 bits per heavy atom. The molecule has 1 aliphatic carbocycles. The van der Waals surface area contributed by atoms with Crippen LogP contribution in [-0.4, -0.2) is 5.11 Å². The van der Waals surface area contributed by atoms with Crippen LogP contribution in [-0.2, 0) is 32.7 Å². The van der Waals surface area contributed by atoms with Gasteiger partial charge in [-0.05, 0) is 52.8 Å². The predicted molar refractivity (Wildman–Crippen MR) is 121 cm³/mol. The van der Waals surface area contributed by atoms with Crippen LogP contribution in [0.15, 0.2) is 47.0 Å². The summed E-state index contributed by atoms with van der Waals surface area (Å²) in [6.45, 7) is 2.19. The van der Waals surface area contributed by atoms with Crippen LogP contribution in [0.4, 0.5) is 0 Å². The zero-order valence-electron chi connectivity index (χ0n) is 16.5. The zero-order chi connectivity index (χ0) is 19.1. The van der Waals surface area contributed by atoms with Crippen LogP contribution in [0.25, 0.3) is 11.6 Å². The number of halogens is 1. The number of rotatable bonds is 9. The van der Waals surface area contributed by atoms with E-state index in [0.29, 0.717) is 5.92 Å². The average molecular weight is 533 g/mol. The average Bonchev–Trinajstić information content (AvgIpc) is 3.32. The van der Waals surface area contributed by atoms with Gasteiger partial charge in [-0.2, -0.15) is 12.1 Å². The molecule has 1 aromatic carbocycles. The number of allylic oxidation sites excluding steroid dienone is 3. The van der Waals surface area contributed by atoms with Gasteiger partial charge in [0.05, 0.1) is 6.10 Å². The van der Waals surface area contributed by atoms with Gasteiger partial charge in [0.1, 0.15) is 0 Å². The topological polar surface area (TPSA) is 20.2 Å². The molecule has 1 aromatic heterocycles. The Morgan fingerprint density at radius 1 is 1.25 bits per heavy atom. The van der Waals surface area contributed by atoms with Gasteiger partial charge in [-0.25, -0.2) is 0 Å². The summed E-state index contributed by atoms with van der Waals surface area (Å²) in [6.07, 6.45) is 11.8. The van der Waals surface area contributed by atoms with Gasteiger partial charge in [-0.1, -0.05) is 72.5 Å². The third kappa shape index (κ3) is 6.74. The minimum absolute atomic E-state index is 0. The predicted octanol–water partition coefficient (Wildman–Crippen LogP) is 7.78. The zero-order valence-corrected chi connectivity index (χ0v) is 21.8. The summed E-state index contributed by atoms with van der Waals surface area (Å²) in [7, 11) is 0. The number of unbranched alkanes of at least 4 members (excludes halogenated alkanes) is 2. The molecule has 1 N–H and O–H groups in total. The Balaban J connectivity index is 0.00000280. The van der Waals surface area contributed by atoms with Crippen molar-refractivity contribution in [2.24, 2.45) is 5.92 Å². The fourth-order valence-corrected chi connectivity index (χ4v) is 5.11. The number of hydrogen-bond donors (Lipinski definition) is 1. The molecule has 0 saturated carbocycles. The number of aliphatic hydroxyl groups is 1. The summed E-state index contributed by atoms with van der Waals surface area (Å²) >= 11 is 5.46. The maximum atomic E-state index is 10.4. The van der Waals surface area contributed by atoms with Gasteiger partial charge in [0, 0.05) is 32.7 Å². The Labute approximate surface area is 207 Å². The number of thiophene rings is 1. The van der Waals surface area contributed by atoms with Crippen LogP contribution in [0.5, 0.6) is 0 Å². The molecule has 2 aromatic rings. The molecule has 28 heavy (non-hydrogen) atoms. The standard InChI is InChI=1S/C24H28BrOS.Y/c1-2-3-4-10-23(26)18-11-13-20(14-12-18)24-19(15-16-22(24)25)7-5-8-21-9-6-17-27-21;/h5-6,8-9,11-14,19,23,26H,2-4,7,10,15-16H2,1H3;/q-1;/b8-5+;/t19-,23?;/m0./s1. The van der Waals surface area contributed by atoms with Crippen LogP contribution in [0.1, 0.15) is 74.0 Å². The van der Waals surface area contributed by atoms with E-state index in [-0.39, 0.29) is 38.8 Å². The third-order valence-electron chi connectivity index (χ3n) is 5.30. The largest absolute Gasteiger partial charge is 0.388 e. The van der Waals surface area contributed by atoms with Gasteiger partial charge in [0.25, 0.3) is 0 Å². The fraction of sp³-hybridized carbons (Fsp3) is 0.417. The molecule has 3 rings (SSSR count). The van der Waals surface area contributed by atoms with Crippen LogP contribution < -0.4 is 0 Å². The molecule has 0 saturated heterocycles. The summed E-state index contributed by atoms with van der Waals surface area (Å²) in [6, 6.07) is 12.7. The van der Waals surface area contributed by atoms with E-state index >= 15 is 0 Å². The minimum atomic E-state index is -0.340. The second-order valence-electron chi connectivity index (χ2n) is 7.28. The van der Waals surface area contributed by atoms with Crippen molar-refractivity contribution in [2.45, 2.75) is 58.0 Å². The van der Waals surface area contributed by atoms with Crippen molar-refractivity contribution in [3.63, 3.8) is 0 Å². The first-order chi connectivity index (χ1) is 13.2. The normalized spacial score (nSPS) is 17.9. The number of benzene rings is 1. The molecule has 0 amide bonds. The summed E-state index contributed by atoms with van der Waals surface area (Å²) in [5, 5.41) is 13.5. The van der Waals surface area contributed by atoms with Gasteiger partial charge >= 0.3 is 0 Å². The first-order valence-corrected chi connectivity index (χ1v) is 11.6. The van der Waals surface area contributed by atoms with Crippen molar-refractivity contribution in [1.82, 2.24) is 0 Å². The number of hydrogen-bond acceptors (Lipinski definition) is 2. The van der Waals surface area contributed by atoms with Crippen molar-refractivity contribution >= 4 is 38.9 Å². The van der Waals surface area contributed by atoms with E-state index in [9.17, 15) is 5.11 Å². The van der Waals surface area contributed by atoms with Crippen LogP contribution >= 0.6 is 27.3 Å².